The van der Waals surface area contributed by atoms with Gasteiger partial charge in [-0.05, 0) is 93.6 Å². The fourth-order valence-electron chi connectivity index (χ4n) is 4.39. The van der Waals surface area contributed by atoms with Crippen molar-refractivity contribution >= 4 is 50.9 Å². The largest absolute Gasteiger partial charge is 0.494 e. The number of anilines is 1. The summed E-state index contributed by atoms with van der Waals surface area (Å²) in [5.41, 5.74) is 0.935. The van der Waals surface area contributed by atoms with Gasteiger partial charge in [-0.3, -0.25) is 13.9 Å². The van der Waals surface area contributed by atoms with E-state index >= 15 is 0 Å². The molecule has 1 atom stereocenters. The Morgan fingerprint density at radius 1 is 0.976 bits per heavy atom. The molecule has 226 valence electrons. The van der Waals surface area contributed by atoms with Crippen molar-refractivity contribution < 1.29 is 22.7 Å². The van der Waals surface area contributed by atoms with E-state index in [0.29, 0.717) is 29.4 Å². The molecule has 3 rings (SSSR count). The monoisotopic (exact) mass is 631 g/mol. The van der Waals surface area contributed by atoms with Crippen molar-refractivity contribution in [2.24, 2.45) is 0 Å². The van der Waals surface area contributed by atoms with E-state index < -0.39 is 28.5 Å². The van der Waals surface area contributed by atoms with Crippen LogP contribution in [0.1, 0.15) is 39.7 Å². The Balaban J connectivity index is 2.08. The number of carbonyl (C=O) groups excluding carboxylic acids is 2. The van der Waals surface area contributed by atoms with Crippen LogP contribution in [0.4, 0.5) is 5.69 Å². The van der Waals surface area contributed by atoms with E-state index in [1.807, 2.05) is 34.0 Å². The first-order chi connectivity index (χ1) is 20.0. The van der Waals surface area contributed by atoms with Crippen LogP contribution in [0.3, 0.4) is 0 Å². The molecule has 3 aromatic rings. The molecule has 8 nitrogen and oxygen atoms in total. The van der Waals surface area contributed by atoms with Gasteiger partial charge in [0.05, 0.1) is 17.2 Å². The second kappa shape index (κ2) is 15.3. The van der Waals surface area contributed by atoms with Crippen LogP contribution in [0, 0.1) is 0 Å². The summed E-state index contributed by atoms with van der Waals surface area (Å²) in [6.07, 6.45) is 2.22. The first-order valence-electron chi connectivity index (χ1n) is 13.7. The van der Waals surface area contributed by atoms with E-state index in [0.717, 1.165) is 9.20 Å². The van der Waals surface area contributed by atoms with Crippen molar-refractivity contribution in [3.63, 3.8) is 0 Å². The second-order valence-electron chi connectivity index (χ2n) is 9.81. The summed E-state index contributed by atoms with van der Waals surface area (Å²) in [5, 5.41) is 3.33. The third-order valence-corrected chi connectivity index (χ3v) is 9.38. The zero-order valence-electron chi connectivity index (χ0n) is 24.5. The number of halogens is 1. The van der Waals surface area contributed by atoms with Gasteiger partial charge >= 0.3 is 0 Å². The lowest BCUT2D eigenvalue weighted by Gasteiger charge is -2.33. The lowest BCUT2D eigenvalue weighted by molar-refractivity contribution is -0.140. The van der Waals surface area contributed by atoms with Crippen molar-refractivity contribution in [2.75, 3.05) is 23.7 Å². The number of thioether (sulfide) groups is 1. The van der Waals surface area contributed by atoms with Crippen LogP contribution in [0.15, 0.2) is 82.6 Å². The molecule has 0 saturated heterocycles. The van der Waals surface area contributed by atoms with Gasteiger partial charge < -0.3 is 15.0 Å². The minimum atomic E-state index is -4.18. The number of benzene rings is 3. The van der Waals surface area contributed by atoms with E-state index in [4.69, 9.17) is 16.3 Å². The molecule has 1 unspecified atom stereocenters. The maximum atomic E-state index is 14.1. The van der Waals surface area contributed by atoms with Gasteiger partial charge in [-0.2, -0.15) is 0 Å². The standard InChI is InChI=1S/C31H38ClN3O5S2/c1-6-29(31(37)33-22(3)4)34(20-23-10-8-9-11-28(23)32)30(36)21-35(24-12-14-25(15-13-24)40-7-2)42(38,39)27-18-16-26(41-5)17-19-27/h8-19,22,29H,6-7,20-21H2,1-5H3,(H,33,37). The third-order valence-electron chi connectivity index (χ3n) is 6.48. The van der Waals surface area contributed by atoms with Crippen molar-refractivity contribution in [1.29, 1.82) is 0 Å². The maximum Gasteiger partial charge on any atom is 0.264 e. The average Bonchev–Trinajstić information content (AvgIpc) is 2.97. The lowest BCUT2D eigenvalue weighted by atomic mass is 10.1. The van der Waals surface area contributed by atoms with Crippen LogP contribution in [0.25, 0.3) is 0 Å². The summed E-state index contributed by atoms with van der Waals surface area (Å²) in [6, 6.07) is 19.1. The predicted molar refractivity (Wildman–Crippen MR) is 170 cm³/mol. The molecule has 0 aliphatic heterocycles. The number of amides is 2. The quantitative estimate of drug-likeness (QED) is 0.220. The van der Waals surface area contributed by atoms with Gasteiger partial charge in [-0.1, -0.05) is 36.7 Å². The Kier molecular flexibility index (Phi) is 12.1. The Hall–Kier alpha value is -3.21. The average molecular weight is 632 g/mol. The number of hydrogen-bond donors (Lipinski definition) is 1. The van der Waals surface area contributed by atoms with Gasteiger partial charge in [0.25, 0.3) is 10.0 Å². The normalized spacial score (nSPS) is 12.1. The number of sulfonamides is 1. The van der Waals surface area contributed by atoms with Crippen LogP contribution in [0.5, 0.6) is 5.75 Å². The molecular weight excluding hydrogens is 594 g/mol. The van der Waals surface area contributed by atoms with Crippen molar-refractivity contribution in [3.8, 4) is 5.75 Å². The molecule has 42 heavy (non-hydrogen) atoms. The van der Waals surface area contributed by atoms with Crippen LogP contribution >= 0.6 is 23.4 Å². The smallest absolute Gasteiger partial charge is 0.264 e. The van der Waals surface area contributed by atoms with E-state index in [-0.39, 0.29) is 29.1 Å². The van der Waals surface area contributed by atoms with E-state index in [1.54, 1.807) is 60.7 Å². The van der Waals surface area contributed by atoms with Crippen LogP contribution in [0.2, 0.25) is 5.02 Å². The Labute approximate surface area is 258 Å². The van der Waals surface area contributed by atoms with Gasteiger partial charge in [0.15, 0.2) is 0 Å². The summed E-state index contributed by atoms with van der Waals surface area (Å²) >= 11 is 7.94. The molecule has 0 spiro atoms. The van der Waals surface area contributed by atoms with E-state index in [1.165, 1.54) is 28.8 Å². The van der Waals surface area contributed by atoms with Crippen LogP contribution in [-0.4, -0.2) is 56.6 Å². The molecule has 0 aromatic heterocycles. The summed E-state index contributed by atoms with van der Waals surface area (Å²) in [4.78, 5) is 29.8. The lowest BCUT2D eigenvalue weighted by Crippen LogP contribution is -2.53. The highest BCUT2D eigenvalue weighted by Crippen LogP contribution is 2.28. The maximum absolute atomic E-state index is 14.1. The molecule has 1 N–H and O–H groups in total. The highest BCUT2D eigenvalue weighted by atomic mass is 35.5. The molecule has 0 bridgehead atoms. The molecule has 0 saturated carbocycles. The fraction of sp³-hybridized carbons (Fsp3) is 0.355. The first kappa shape index (κ1) is 33.3. The zero-order chi connectivity index (χ0) is 30.9. The molecule has 11 heteroatoms. The minimum Gasteiger partial charge on any atom is -0.494 e. The molecular formula is C31H38ClN3O5S2. The molecule has 0 aliphatic rings. The Morgan fingerprint density at radius 2 is 1.62 bits per heavy atom. The van der Waals surface area contributed by atoms with Gasteiger partial charge in [-0.15, -0.1) is 11.8 Å². The first-order valence-corrected chi connectivity index (χ1v) is 16.8. The van der Waals surface area contributed by atoms with Crippen LogP contribution in [-0.2, 0) is 26.2 Å². The molecule has 0 heterocycles. The topological polar surface area (TPSA) is 96.0 Å². The Morgan fingerprint density at radius 3 is 2.17 bits per heavy atom. The summed E-state index contributed by atoms with van der Waals surface area (Å²) in [6.45, 7) is 7.30. The summed E-state index contributed by atoms with van der Waals surface area (Å²) < 4.78 is 34.7. The highest BCUT2D eigenvalue weighted by molar-refractivity contribution is 7.98. The van der Waals surface area contributed by atoms with Crippen molar-refractivity contribution in [3.05, 3.63) is 83.4 Å². The summed E-state index contributed by atoms with van der Waals surface area (Å²) in [7, 11) is -4.18. The van der Waals surface area contributed by atoms with Crippen molar-refractivity contribution in [1.82, 2.24) is 10.2 Å². The number of carbonyl (C=O) groups is 2. The minimum absolute atomic E-state index is 0.0299. The number of ether oxygens (including phenoxy) is 1. The van der Waals surface area contributed by atoms with E-state index in [2.05, 4.69) is 5.32 Å². The number of nitrogens with zero attached hydrogens (tertiary/aromatic N) is 2. The third kappa shape index (κ3) is 8.42. The zero-order valence-corrected chi connectivity index (χ0v) is 26.9. The fourth-order valence-corrected chi connectivity index (χ4v) is 6.41. The molecule has 3 aromatic carbocycles. The van der Waals surface area contributed by atoms with Gasteiger partial charge in [0.2, 0.25) is 11.8 Å². The number of hydrogen-bond acceptors (Lipinski definition) is 6. The molecule has 0 aliphatic carbocycles. The molecule has 0 radical (unpaired) electrons. The highest BCUT2D eigenvalue weighted by Gasteiger charge is 2.34. The second-order valence-corrected chi connectivity index (χ2v) is 13.0. The van der Waals surface area contributed by atoms with Gasteiger partial charge in [-0.25, -0.2) is 8.42 Å². The number of rotatable bonds is 14. The Bertz CT molecular complexity index is 1450. The number of nitrogens with one attached hydrogen (secondary N) is 1. The van der Waals surface area contributed by atoms with Gasteiger partial charge in [0, 0.05) is 22.5 Å². The molecule has 0 fully saturated rings. The molecule has 2 amide bonds. The SMILES string of the molecule is CCOc1ccc(N(CC(=O)N(Cc2ccccc2Cl)C(CC)C(=O)NC(C)C)S(=O)(=O)c2ccc(SC)cc2)cc1. The van der Waals surface area contributed by atoms with Crippen LogP contribution < -0.4 is 14.4 Å². The summed E-state index contributed by atoms with van der Waals surface area (Å²) in [5.74, 6) is -0.291. The van der Waals surface area contributed by atoms with Gasteiger partial charge in [0.1, 0.15) is 18.3 Å². The predicted octanol–water partition coefficient (Wildman–Crippen LogP) is 5.99. The van der Waals surface area contributed by atoms with E-state index in [9.17, 15) is 18.0 Å². The van der Waals surface area contributed by atoms with Crippen molar-refractivity contribution in [2.45, 2.75) is 62.5 Å².